The molecule has 11 heavy (non-hydrogen) atoms. The molecular formula is C9H16OS. The summed E-state index contributed by atoms with van der Waals surface area (Å²) in [5, 5.41) is 0. The topological polar surface area (TPSA) is 9.23 Å². The summed E-state index contributed by atoms with van der Waals surface area (Å²) >= 11 is 1.91. The molecule has 1 aliphatic heterocycles. The summed E-state index contributed by atoms with van der Waals surface area (Å²) in [5.41, 5.74) is 0.178. The lowest BCUT2D eigenvalue weighted by molar-refractivity contribution is 0.161. The molecule has 0 unspecified atom stereocenters. The smallest absolute Gasteiger partial charge is 0.110 e. The van der Waals surface area contributed by atoms with Gasteiger partial charge in [0.1, 0.15) is 5.76 Å². The average molecular weight is 172 g/mol. The van der Waals surface area contributed by atoms with E-state index in [1.807, 2.05) is 11.8 Å². The first-order chi connectivity index (χ1) is 5.02. The maximum Gasteiger partial charge on any atom is 0.110 e. The molecule has 0 amide bonds. The van der Waals surface area contributed by atoms with Crippen molar-refractivity contribution in [2.24, 2.45) is 5.41 Å². The molecule has 1 heterocycles. The molecule has 0 aliphatic carbocycles. The number of ether oxygens (including phenoxy) is 1. The van der Waals surface area contributed by atoms with Crippen molar-refractivity contribution in [3.05, 3.63) is 10.7 Å². The molecule has 2 heteroatoms. The molecule has 0 aromatic carbocycles. The van der Waals surface area contributed by atoms with Crippen LogP contribution in [-0.4, -0.2) is 12.4 Å². The van der Waals surface area contributed by atoms with Crippen LogP contribution in [-0.2, 0) is 4.74 Å². The van der Waals surface area contributed by atoms with E-state index in [0.29, 0.717) is 0 Å². The first kappa shape index (κ1) is 8.98. The van der Waals surface area contributed by atoms with Gasteiger partial charge in [-0.15, -0.1) is 11.8 Å². The van der Waals surface area contributed by atoms with Gasteiger partial charge in [0, 0.05) is 16.1 Å². The van der Waals surface area contributed by atoms with Gasteiger partial charge in [0.15, 0.2) is 0 Å². The Hall–Kier alpha value is -0.110. The standard InChI is InChI=1S/C9H16OS/c1-7-8(9(2,3)4)10-5-6-11-7/h5-6H2,1-4H3. The molecule has 0 N–H and O–H groups in total. The van der Waals surface area contributed by atoms with E-state index in [9.17, 15) is 0 Å². The van der Waals surface area contributed by atoms with Crippen LogP contribution in [0.1, 0.15) is 27.7 Å². The molecule has 0 aromatic heterocycles. The molecule has 0 spiro atoms. The van der Waals surface area contributed by atoms with Crippen molar-refractivity contribution < 1.29 is 4.74 Å². The quantitative estimate of drug-likeness (QED) is 0.555. The molecule has 0 fully saturated rings. The fourth-order valence-corrected chi connectivity index (χ4v) is 2.22. The Morgan fingerprint density at radius 1 is 1.36 bits per heavy atom. The zero-order valence-electron chi connectivity index (χ0n) is 7.73. The summed E-state index contributed by atoms with van der Waals surface area (Å²) in [5.74, 6) is 2.28. The Balaban J connectivity index is 2.83. The number of hydrogen-bond donors (Lipinski definition) is 0. The second kappa shape index (κ2) is 3.10. The van der Waals surface area contributed by atoms with E-state index in [-0.39, 0.29) is 5.41 Å². The summed E-state index contributed by atoms with van der Waals surface area (Å²) < 4.78 is 5.61. The number of rotatable bonds is 0. The molecule has 0 saturated heterocycles. The van der Waals surface area contributed by atoms with Crippen LogP contribution in [0, 0.1) is 5.41 Å². The molecular weight excluding hydrogens is 156 g/mol. The van der Waals surface area contributed by atoms with Crippen LogP contribution in [0.4, 0.5) is 0 Å². The second-order valence-electron chi connectivity index (χ2n) is 3.83. The monoisotopic (exact) mass is 172 g/mol. The van der Waals surface area contributed by atoms with Crippen LogP contribution in [0.5, 0.6) is 0 Å². The van der Waals surface area contributed by atoms with Crippen molar-refractivity contribution in [3.8, 4) is 0 Å². The van der Waals surface area contributed by atoms with Crippen LogP contribution in [0.15, 0.2) is 10.7 Å². The minimum absolute atomic E-state index is 0.178. The molecule has 0 aromatic rings. The van der Waals surface area contributed by atoms with Crippen LogP contribution in [0.2, 0.25) is 0 Å². The van der Waals surface area contributed by atoms with Gasteiger partial charge in [0.25, 0.3) is 0 Å². The van der Waals surface area contributed by atoms with Crippen molar-refractivity contribution in [2.45, 2.75) is 27.7 Å². The van der Waals surface area contributed by atoms with Crippen molar-refractivity contribution >= 4 is 11.8 Å². The van der Waals surface area contributed by atoms with Gasteiger partial charge in [0.05, 0.1) is 6.61 Å². The van der Waals surface area contributed by atoms with Crippen molar-refractivity contribution in [3.63, 3.8) is 0 Å². The van der Waals surface area contributed by atoms with Gasteiger partial charge in [-0.05, 0) is 6.92 Å². The summed E-state index contributed by atoms with van der Waals surface area (Å²) in [6.45, 7) is 9.59. The van der Waals surface area contributed by atoms with E-state index >= 15 is 0 Å². The maximum atomic E-state index is 5.61. The van der Waals surface area contributed by atoms with Crippen LogP contribution in [0.3, 0.4) is 0 Å². The average Bonchev–Trinajstić information content (AvgIpc) is 1.86. The third-order valence-electron chi connectivity index (χ3n) is 1.65. The fraction of sp³-hybridized carbons (Fsp3) is 0.778. The lowest BCUT2D eigenvalue weighted by Crippen LogP contribution is -2.18. The van der Waals surface area contributed by atoms with Crippen LogP contribution in [0.25, 0.3) is 0 Å². The van der Waals surface area contributed by atoms with Crippen LogP contribution < -0.4 is 0 Å². The predicted octanol–water partition coefficient (Wildman–Crippen LogP) is 3.03. The molecule has 1 rings (SSSR count). The van der Waals surface area contributed by atoms with Gasteiger partial charge in [0.2, 0.25) is 0 Å². The predicted molar refractivity (Wildman–Crippen MR) is 50.6 cm³/mol. The number of hydrogen-bond acceptors (Lipinski definition) is 2. The van der Waals surface area contributed by atoms with E-state index in [4.69, 9.17) is 4.74 Å². The zero-order chi connectivity index (χ0) is 8.48. The van der Waals surface area contributed by atoms with Crippen molar-refractivity contribution in [2.75, 3.05) is 12.4 Å². The van der Waals surface area contributed by atoms with Crippen molar-refractivity contribution in [1.82, 2.24) is 0 Å². The first-order valence-electron chi connectivity index (χ1n) is 3.99. The largest absolute Gasteiger partial charge is 0.496 e. The van der Waals surface area contributed by atoms with E-state index in [1.54, 1.807) is 0 Å². The third kappa shape index (κ3) is 2.16. The normalized spacial score (nSPS) is 20.0. The Morgan fingerprint density at radius 3 is 2.36 bits per heavy atom. The molecule has 0 bridgehead atoms. The molecule has 1 nitrogen and oxygen atoms in total. The Labute approximate surface area is 73.2 Å². The van der Waals surface area contributed by atoms with Gasteiger partial charge in [-0.2, -0.15) is 0 Å². The minimum atomic E-state index is 0.178. The van der Waals surface area contributed by atoms with E-state index in [0.717, 1.165) is 12.4 Å². The fourth-order valence-electron chi connectivity index (χ4n) is 1.25. The van der Waals surface area contributed by atoms with Gasteiger partial charge in [-0.25, -0.2) is 0 Å². The SMILES string of the molecule is CC1=C(C(C)(C)C)OCCS1. The highest BCUT2D eigenvalue weighted by molar-refractivity contribution is 8.03. The number of thioether (sulfide) groups is 1. The Morgan fingerprint density at radius 2 is 2.00 bits per heavy atom. The zero-order valence-corrected chi connectivity index (χ0v) is 8.55. The minimum Gasteiger partial charge on any atom is -0.496 e. The van der Waals surface area contributed by atoms with E-state index < -0.39 is 0 Å². The Kier molecular flexibility index (Phi) is 2.53. The molecule has 0 saturated carbocycles. The van der Waals surface area contributed by atoms with Gasteiger partial charge in [-0.3, -0.25) is 0 Å². The Bertz CT molecular complexity index is 176. The molecule has 0 radical (unpaired) electrons. The summed E-state index contributed by atoms with van der Waals surface area (Å²) in [4.78, 5) is 1.35. The summed E-state index contributed by atoms with van der Waals surface area (Å²) in [7, 11) is 0. The highest BCUT2D eigenvalue weighted by Gasteiger charge is 2.23. The maximum absolute atomic E-state index is 5.61. The van der Waals surface area contributed by atoms with E-state index in [1.165, 1.54) is 10.7 Å². The summed E-state index contributed by atoms with van der Waals surface area (Å²) in [6.07, 6.45) is 0. The molecule has 1 aliphatic rings. The van der Waals surface area contributed by atoms with Gasteiger partial charge < -0.3 is 4.74 Å². The third-order valence-corrected chi connectivity index (χ3v) is 2.64. The van der Waals surface area contributed by atoms with Crippen molar-refractivity contribution in [1.29, 1.82) is 0 Å². The summed E-state index contributed by atoms with van der Waals surface area (Å²) in [6, 6.07) is 0. The second-order valence-corrected chi connectivity index (χ2v) is 5.14. The van der Waals surface area contributed by atoms with Gasteiger partial charge >= 0.3 is 0 Å². The lowest BCUT2D eigenvalue weighted by Gasteiger charge is -2.28. The highest BCUT2D eigenvalue weighted by Crippen LogP contribution is 2.36. The van der Waals surface area contributed by atoms with E-state index in [2.05, 4.69) is 27.7 Å². The van der Waals surface area contributed by atoms with Gasteiger partial charge in [-0.1, -0.05) is 20.8 Å². The lowest BCUT2D eigenvalue weighted by atomic mass is 9.93. The molecule has 0 atom stereocenters. The highest BCUT2D eigenvalue weighted by atomic mass is 32.2. The first-order valence-corrected chi connectivity index (χ1v) is 4.97. The molecule has 64 valence electrons. The number of allylic oxidation sites excluding steroid dienone is 2. The van der Waals surface area contributed by atoms with Crippen LogP contribution >= 0.6 is 11.8 Å².